The summed E-state index contributed by atoms with van der Waals surface area (Å²) in [5.74, 6) is 0. The fourth-order valence-corrected chi connectivity index (χ4v) is 1.62. The molecule has 1 aromatic heterocycles. The lowest BCUT2D eigenvalue weighted by molar-refractivity contribution is 0.432. The maximum absolute atomic E-state index is 5.85. The van der Waals surface area contributed by atoms with Gasteiger partial charge in [-0.1, -0.05) is 23.2 Å². The maximum Gasteiger partial charge on any atom is 0.335 e. The summed E-state index contributed by atoms with van der Waals surface area (Å²) < 4.78 is 6.12. The third-order valence-corrected chi connectivity index (χ3v) is 2.15. The van der Waals surface area contributed by atoms with Crippen molar-refractivity contribution in [2.45, 2.75) is 0 Å². The van der Waals surface area contributed by atoms with Crippen molar-refractivity contribution in [1.29, 1.82) is 0 Å². The van der Waals surface area contributed by atoms with Crippen LogP contribution >= 0.6 is 23.2 Å². The number of halogens is 2. The van der Waals surface area contributed by atoms with E-state index in [0.29, 0.717) is 15.7 Å². The average Bonchev–Trinajstić information content (AvgIpc) is 2.64. The minimum absolute atomic E-state index is 0.186. The molecule has 0 saturated carbocycles. The van der Waals surface area contributed by atoms with E-state index in [1.165, 1.54) is 11.0 Å². The molecule has 0 aliphatic carbocycles. The molecule has 0 fully saturated rings. The van der Waals surface area contributed by atoms with Gasteiger partial charge in [0.05, 0.1) is 5.69 Å². The average molecular weight is 243 g/mol. The van der Waals surface area contributed by atoms with E-state index in [9.17, 15) is 0 Å². The van der Waals surface area contributed by atoms with E-state index in [4.69, 9.17) is 23.2 Å². The van der Waals surface area contributed by atoms with Crippen molar-refractivity contribution >= 4 is 23.2 Å². The van der Waals surface area contributed by atoms with E-state index >= 15 is 0 Å². The fourth-order valence-electron chi connectivity index (χ4n) is 1.11. The Balaban J connectivity index is 2.44. The molecule has 0 unspecified atom stereocenters. The van der Waals surface area contributed by atoms with E-state index in [2.05, 4.69) is 21.9 Å². The molecule has 0 amide bonds. The van der Waals surface area contributed by atoms with Crippen LogP contribution in [0.2, 0.25) is 10.0 Å². The summed E-state index contributed by atoms with van der Waals surface area (Å²) >= 11 is 11.7. The van der Waals surface area contributed by atoms with Gasteiger partial charge in [-0.2, -0.15) is 4.98 Å². The van der Waals surface area contributed by atoms with Crippen molar-refractivity contribution in [1.82, 2.24) is 14.8 Å². The van der Waals surface area contributed by atoms with E-state index in [1.54, 1.807) is 18.2 Å². The Morgan fingerprint density at radius 3 is 2.40 bits per heavy atom. The van der Waals surface area contributed by atoms with Gasteiger partial charge in [0.1, 0.15) is 13.4 Å². The Hall–Kier alpha value is -1.26. The van der Waals surface area contributed by atoms with Crippen molar-refractivity contribution in [2.75, 3.05) is 0 Å². The first-order valence-electron chi connectivity index (χ1n) is 3.99. The zero-order chi connectivity index (χ0) is 10.8. The smallest absolute Gasteiger partial charge is 0.335 e. The van der Waals surface area contributed by atoms with Gasteiger partial charge in [-0.3, -0.25) is 0 Å². The van der Waals surface area contributed by atoms with Gasteiger partial charge in [0.2, 0.25) is 0 Å². The van der Waals surface area contributed by atoms with Crippen LogP contribution in [0, 0.1) is 7.11 Å². The standard InChI is InChI=1S/C9H6Cl2N3O/c1-15-9-12-5-14(13-9)8-3-6(10)2-7(11)4-8/h2-5H,1H2. The first-order chi connectivity index (χ1) is 7.19. The molecule has 2 aromatic rings. The summed E-state index contributed by atoms with van der Waals surface area (Å²) in [6.45, 7) is 0. The molecule has 4 nitrogen and oxygen atoms in total. The van der Waals surface area contributed by atoms with Gasteiger partial charge in [0.15, 0.2) is 0 Å². The molecule has 0 spiro atoms. The van der Waals surface area contributed by atoms with Crippen LogP contribution in [0.3, 0.4) is 0 Å². The van der Waals surface area contributed by atoms with Crippen LogP contribution in [0.15, 0.2) is 24.5 Å². The molecule has 77 valence electrons. The second-order valence-electron chi connectivity index (χ2n) is 2.74. The lowest BCUT2D eigenvalue weighted by Gasteiger charge is -2.01. The number of hydrogen-bond donors (Lipinski definition) is 0. The predicted octanol–water partition coefficient (Wildman–Crippen LogP) is 2.74. The maximum atomic E-state index is 5.85. The van der Waals surface area contributed by atoms with E-state index in [0.717, 1.165) is 0 Å². The van der Waals surface area contributed by atoms with Gasteiger partial charge < -0.3 is 4.74 Å². The number of nitrogens with zero attached hydrogens (tertiary/aromatic N) is 3. The number of ether oxygens (including phenoxy) is 1. The molecular weight excluding hydrogens is 237 g/mol. The summed E-state index contributed by atoms with van der Waals surface area (Å²) in [6, 6.07) is 5.26. The molecule has 0 atom stereocenters. The lowest BCUT2D eigenvalue weighted by Crippen LogP contribution is -1.94. The van der Waals surface area contributed by atoms with E-state index < -0.39 is 0 Å². The van der Waals surface area contributed by atoms with Crippen molar-refractivity contribution in [2.24, 2.45) is 0 Å². The highest BCUT2D eigenvalue weighted by Crippen LogP contribution is 2.21. The van der Waals surface area contributed by atoms with Gasteiger partial charge >= 0.3 is 6.01 Å². The van der Waals surface area contributed by atoms with Crippen molar-refractivity contribution < 1.29 is 4.74 Å². The first kappa shape index (κ1) is 10.3. The molecule has 2 rings (SSSR count). The van der Waals surface area contributed by atoms with Gasteiger partial charge in [-0.15, -0.1) is 5.10 Å². The van der Waals surface area contributed by atoms with Crippen LogP contribution < -0.4 is 4.74 Å². The minimum Gasteiger partial charge on any atom is -0.459 e. The molecule has 6 heteroatoms. The summed E-state index contributed by atoms with van der Waals surface area (Å²) in [7, 11) is 3.21. The van der Waals surface area contributed by atoms with Crippen molar-refractivity contribution in [3.63, 3.8) is 0 Å². The minimum atomic E-state index is 0.186. The molecule has 0 aliphatic heterocycles. The molecule has 0 bridgehead atoms. The number of hydrogen-bond acceptors (Lipinski definition) is 3. The number of rotatable bonds is 2. The highest BCUT2D eigenvalue weighted by Gasteiger charge is 2.04. The van der Waals surface area contributed by atoms with Crippen LogP contribution in [0.25, 0.3) is 5.69 Å². The van der Waals surface area contributed by atoms with Gasteiger partial charge in [-0.25, -0.2) is 4.68 Å². The predicted molar refractivity (Wildman–Crippen MR) is 57.4 cm³/mol. The topological polar surface area (TPSA) is 39.9 Å². The monoisotopic (exact) mass is 242 g/mol. The quantitative estimate of drug-likeness (QED) is 0.814. The highest BCUT2D eigenvalue weighted by molar-refractivity contribution is 6.34. The molecule has 0 N–H and O–H groups in total. The summed E-state index contributed by atoms with van der Waals surface area (Å²) in [5.41, 5.74) is 0.711. The molecule has 0 saturated heterocycles. The number of benzene rings is 1. The third kappa shape index (κ3) is 2.22. The molecule has 0 aliphatic rings. The van der Waals surface area contributed by atoms with Crippen LogP contribution in [0.4, 0.5) is 0 Å². The largest absolute Gasteiger partial charge is 0.459 e. The Kier molecular flexibility index (Phi) is 2.79. The van der Waals surface area contributed by atoms with Gasteiger partial charge in [0.25, 0.3) is 0 Å². The molecular formula is C9H6Cl2N3O. The SMILES string of the molecule is [CH2]Oc1ncn(-c2cc(Cl)cc(Cl)c2)n1. The number of aromatic nitrogens is 3. The Bertz CT molecular complexity index is 464. The Labute approximate surface area is 96.4 Å². The fraction of sp³-hybridized carbons (Fsp3) is 0. The molecule has 15 heavy (non-hydrogen) atoms. The van der Waals surface area contributed by atoms with Crippen molar-refractivity contribution in [3.8, 4) is 11.7 Å². The van der Waals surface area contributed by atoms with Crippen LogP contribution in [0.1, 0.15) is 0 Å². The zero-order valence-corrected chi connectivity index (χ0v) is 9.03. The summed E-state index contributed by atoms with van der Waals surface area (Å²) in [4.78, 5) is 3.85. The normalized spacial score (nSPS) is 10.3. The third-order valence-electron chi connectivity index (χ3n) is 1.71. The molecule has 1 heterocycles. The Morgan fingerprint density at radius 2 is 1.87 bits per heavy atom. The second kappa shape index (κ2) is 4.08. The Morgan fingerprint density at radius 1 is 1.20 bits per heavy atom. The van der Waals surface area contributed by atoms with Crippen molar-refractivity contribution in [3.05, 3.63) is 41.7 Å². The summed E-state index contributed by atoms with van der Waals surface area (Å²) in [5, 5.41) is 5.05. The van der Waals surface area contributed by atoms with E-state index in [1.807, 2.05) is 0 Å². The van der Waals surface area contributed by atoms with Crippen LogP contribution in [-0.2, 0) is 0 Å². The lowest BCUT2D eigenvalue weighted by atomic mass is 10.3. The summed E-state index contributed by atoms with van der Waals surface area (Å²) in [6.07, 6.45) is 1.49. The first-order valence-corrected chi connectivity index (χ1v) is 4.75. The highest BCUT2D eigenvalue weighted by atomic mass is 35.5. The second-order valence-corrected chi connectivity index (χ2v) is 3.62. The van der Waals surface area contributed by atoms with Crippen LogP contribution in [0.5, 0.6) is 6.01 Å². The van der Waals surface area contributed by atoms with E-state index in [-0.39, 0.29) is 6.01 Å². The van der Waals surface area contributed by atoms with Gasteiger partial charge in [-0.05, 0) is 18.2 Å². The van der Waals surface area contributed by atoms with Crippen LogP contribution in [-0.4, -0.2) is 14.8 Å². The molecule has 1 aromatic carbocycles. The van der Waals surface area contributed by atoms with Gasteiger partial charge in [0, 0.05) is 10.0 Å². The zero-order valence-electron chi connectivity index (χ0n) is 7.52. The molecule has 1 radical (unpaired) electrons.